The van der Waals surface area contributed by atoms with Crippen molar-refractivity contribution in [2.75, 3.05) is 0 Å². The molecular formula is C8H7Cl4N. The zero-order chi connectivity index (χ0) is 10.1. The average molecular weight is 259 g/mol. The standard InChI is InChI=1S/C8H7Cl4N/c1-7(9,10)8(11,12)6-4-2-3-5-13-6/h2-5H,1H3. The molecule has 0 amide bonds. The summed E-state index contributed by atoms with van der Waals surface area (Å²) in [6.07, 6.45) is 1.58. The van der Waals surface area contributed by atoms with E-state index in [1.807, 2.05) is 0 Å². The summed E-state index contributed by atoms with van der Waals surface area (Å²) in [5, 5.41) is 0. The molecule has 1 heterocycles. The molecule has 0 bridgehead atoms. The quantitative estimate of drug-likeness (QED) is 0.734. The molecular weight excluding hydrogens is 252 g/mol. The number of alkyl halides is 4. The molecule has 0 aliphatic rings. The van der Waals surface area contributed by atoms with Crippen LogP contribution in [-0.4, -0.2) is 9.32 Å². The van der Waals surface area contributed by atoms with Crippen LogP contribution in [0, 0.1) is 0 Å². The van der Waals surface area contributed by atoms with Gasteiger partial charge in [-0.3, -0.25) is 4.98 Å². The third kappa shape index (κ3) is 2.41. The lowest BCUT2D eigenvalue weighted by Gasteiger charge is -2.28. The number of rotatable bonds is 2. The van der Waals surface area contributed by atoms with Gasteiger partial charge in [0.1, 0.15) is 0 Å². The Morgan fingerprint density at radius 1 is 1.15 bits per heavy atom. The van der Waals surface area contributed by atoms with Crippen molar-refractivity contribution in [2.24, 2.45) is 0 Å². The van der Waals surface area contributed by atoms with Gasteiger partial charge >= 0.3 is 0 Å². The van der Waals surface area contributed by atoms with E-state index in [1.54, 1.807) is 24.4 Å². The number of hydrogen-bond acceptors (Lipinski definition) is 1. The van der Waals surface area contributed by atoms with E-state index in [0.29, 0.717) is 5.69 Å². The Labute approximate surface area is 97.0 Å². The summed E-state index contributed by atoms with van der Waals surface area (Å²) in [6.45, 7) is 1.52. The fourth-order valence-electron chi connectivity index (χ4n) is 0.773. The van der Waals surface area contributed by atoms with Crippen molar-refractivity contribution >= 4 is 46.4 Å². The lowest BCUT2D eigenvalue weighted by molar-refractivity contribution is 0.724. The van der Waals surface area contributed by atoms with E-state index < -0.39 is 8.67 Å². The number of hydrogen-bond donors (Lipinski definition) is 0. The maximum atomic E-state index is 5.98. The molecule has 1 rings (SSSR count). The second kappa shape index (κ2) is 3.82. The van der Waals surface area contributed by atoms with Crippen LogP contribution in [0.5, 0.6) is 0 Å². The minimum absolute atomic E-state index is 0.436. The lowest BCUT2D eigenvalue weighted by atomic mass is 10.2. The topological polar surface area (TPSA) is 12.9 Å². The van der Waals surface area contributed by atoms with E-state index in [2.05, 4.69) is 4.98 Å². The van der Waals surface area contributed by atoms with Crippen molar-refractivity contribution < 1.29 is 0 Å². The van der Waals surface area contributed by atoms with Crippen molar-refractivity contribution in [1.29, 1.82) is 0 Å². The van der Waals surface area contributed by atoms with Crippen molar-refractivity contribution in [1.82, 2.24) is 4.98 Å². The molecule has 13 heavy (non-hydrogen) atoms. The van der Waals surface area contributed by atoms with Gasteiger partial charge in [-0.1, -0.05) is 52.5 Å². The summed E-state index contributed by atoms with van der Waals surface area (Å²) < 4.78 is -2.69. The third-order valence-electron chi connectivity index (χ3n) is 1.54. The molecule has 0 saturated heterocycles. The van der Waals surface area contributed by atoms with Gasteiger partial charge in [-0.15, -0.1) is 0 Å². The highest BCUT2D eigenvalue weighted by Crippen LogP contribution is 2.49. The van der Waals surface area contributed by atoms with Crippen LogP contribution < -0.4 is 0 Å². The molecule has 0 aliphatic carbocycles. The Kier molecular flexibility index (Phi) is 3.34. The molecule has 5 heteroatoms. The van der Waals surface area contributed by atoms with Crippen LogP contribution in [0.25, 0.3) is 0 Å². The van der Waals surface area contributed by atoms with E-state index >= 15 is 0 Å². The van der Waals surface area contributed by atoms with E-state index in [0.717, 1.165) is 0 Å². The van der Waals surface area contributed by atoms with Crippen LogP contribution in [0.2, 0.25) is 0 Å². The molecule has 0 atom stereocenters. The van der Waals surface area contributed by atoms with Crippen LogP contribution in [0.3, 0.4) is 0 Å². The molecule has 0 N–H and O–H groups in total. The van der Waals surface area contributed by atoms with E-state index in [4.69, 9.17) is 46.4 Å². The van der Waals surface area contributed by atoms with Gasteiger partial charge in [-0.25, -0.2) is 0 Å². The third-order valence-corrected chi connectivity index (χ3v) is 3.63. The van der Waals surface area contributed by atoms with E-state index in [-0.39, 0.29) is 0 Å². The van der Waals surface area contributed by atoms with Gasteiger partial charge in [-0.2, -0.15) is 0 Å². The highest BCUT2D eigenvalue weighted by Gasteiger charge is 2.45. The Bertz CT molecular complexity index is 278. The fraction of sp³-hybridized carbons (Fsp3) is 0.375. The van der Waals surface area contributed by atoms with Gasteiger partial charge < -0.3 is 0 Å². The molecule has 0 unspecified atom stereocenters. The first-order valence-corrected chi connectivity index (χ1v) is 5.04. The first-order chi connectivity index (χ1) is 5.86. The first-order valence-electron chi connectivity index (χ1n) is 3.53. The molecule has 0 fully saturated rings. The van der Waals surface area contributed by atoms with Crippen LogP contribution in [0.1, 0.15) is 12.6 Å². The summed E-state index contributed by atoms with van der Waals surface area (Å²) in [7, 11) is 0. The highest BCUT2D eigenvalue weighted by molar-refractivity contribution is 6.61. The minimum Gasteiger partial charge on any atom is -0.258 e. The van der Waals surface area contributed by atoms with Gasteiger partial charge in [0, 0.05) is 6.20 Å². The Hall–Kier alpha value is 0.310. The summed E-state index contributed by atoms with van der Waals surface area (Å²) in [6, 6.07) is 5.19. The average Bonchev–Trinajstić information content (AvgIpc) is 2.04. The SMILES string of the molecule is CC(Cl)(Cl)C(Cl)(Cl)c1ccccn1. The van der Waals surface area contributed by atoms with E-state index in [1.165, 1.54) is 6.92 Å². The molecule has 1 aromatic rings. The zero-order valence-electron chi connectivity index (χ0n) is 6.77. The molecule has 0 aromatic carbocycles. The maximum absolute atomic E-state index is 5.98. The van der Waals surface area contributed by atoms with Gasteiger partial charge in [-0.05, 0) is 19.1 Å². The van der Waals surface area contributed by atoms with Gasteiger partial charge in [0.05, 0.1) is 5.69 Å². The monoisotopic (exact) mass is 257 g/mol. The number of pyridine rings is 1. The van der Waals surface area contributed by atoms with Gasteiger partial charge in [0.15, 0.2) is 8.67 Å². The first kappa shape index (κ1) is 11.4. The minimum atomic E-state index is -1.41. The van der Waals surface area contributed by atoms with Crippen molar-refractivity contribution in [3.8, 4) is 0 Å². The van der Waals surface area contributed by atoms with E-state index in [9.17, 15) is 0 Å². The van der Waals surface area contributed by atoms with Crippen LogP contribution in [-0.2, 0) is 4.33 Å². The van der Waals surface area contributed by atoms with Crippen LogP contribution >= 0.6 is 46.4 Å². The molecule has 0 radical (unpaired) electrons. The number of aromatic nitrogens is 1. The Morgan fingerprint density at radius 3 is 2.15 bits per heavy atom. The fourth-order valence-corrected chi connectivity index (χ4v) is 1.19. The largest absolute Gasteiger partial charge is 0.258 e. The Morgan fingerprint density at radius 2 is 1.77 bits per heavy atom. The van der Waals surface area contributed by atoms with Crippen molar-refractivity contribution in [2.45, 2.75) is 15.6 Å². The molecule has 72 valence electrons. The van der Waals surface area contributed by atoms with Crippen molar-refractivity contribution in [3.05, 3.63) is 30.1 Å². The summed E-state index contributed by atoms with van der Waals surface area (Å²) in [5.74, 6) is 0. The molecule has 0 saturated carbocycles. The summed E-state index contributed by atoms with van der Waals surface area (Å²) >= 11 is 23.6. The predicted octanol–water partition coefficient (Wildman–Crippen LogP) is 3.91. The maximum Gasteiger partial charge on any atom is 0.192 e. The Balaban J connectivity index is 3.08. The number of halogens is 4. The zero-order valence-corrected chi connectivity index (χ0v) is 9.79. The lowest BCUT2D eigenvalue weighted by Crippen LogP contribution is -2.31. The van der Waals surface area contributed by atoms with Gasteiger partial charge in [0.2, 0.25) is 0 Å². The van der Waals surface area contributed by atoms with Crippen molar-refractivity contribution in [3.63, 3.8) is 0 Å². The van der Waals surface area contributed by atoms with Gasteiger partial charge in [0.25, 0.3) is 0 Å². The smallest absolute Gasteiger partial charge is 0.192 e. The predicted molar refractivity (Wildman–Crippen MR) is 57.7 cm³/mol. The number of nitrogens with zero attached hydrogens (tertiary/aromatic N) is 1. The molecule has 1 nitrogen and oxygen atoms in total. The second-order valence-corrected chi connectivity index (χ2v) is 5.71. The molecule has 0 spiro atoms. The summed E-state index contributed by atoms with van der Waals surface area (Å²) in [4.78, 5) is 3.98. The van der Waals surface area contributed by atoms with Crippen LogP contribution in [0.4, 0.5) is 0 Å². The second-order valence-electron chi connectivity index (χ2n) is 2.68. The highest BCUT2D eigenvalue weighted by atomic mass is 35.5. The summed E-state index contributed by atoms with van der Waals surface area (Å²) in [5.41, 5.74) is 0.436. The molecule has 1 aromatic heterocycles. The normalized spacial score (nSPS) is 13.0. The van der Waals surface area contributed by atoms with Crippen LogP contribution in [0.15, 0.2) is 24.4 Å². The molecule has 0 aliphatic heterocycles.